The van der Waals surface area contributed by atoms with Crippen LogP contribution in [0.5, 0.6) is 0 Å². The van der Waals surface area contributed by atoms with E-state index in [0.717, 1.165) is 18.1 Å². The van der Waals surface area contributed by atoms with E-state index in [-0.39, 0.29) is 11.9 Å². The van der Waals surface area contributed by atoms with Gasteiger partial charge in [-0.3, -0.25) is 4.79 Å². The van der Waals surface area contributed by atoms with Crippen molar-refractivity contribution in [2.75, 3.05) is 25.0 Å². The number of amides is 1. The standard InChI is InChI=1S/C18H21N3O3S/c1-3-18(22)20-14-5-7-15(8-6-14)25(23)21-11-10-19-16(12-21)17-9-4-13(2)24-17/h3-9,16,19H,1,10-12H2,2H3,(H,20,22). The van der Waals surface area contributed by atoms with Gasteiger partial charge in [-0.2, -0.15) is 0 Å². The number of carbonyl (C=O) groups is 1. The van der Waals surface area contributed by atoms with Crippen molar-refractivity contribution in [1.82, 2.24) is 9.62 Å². The molecule has 0 saturated carbocycles. The maximum absolute atomic E-state index is 12.8. The first-order valence-corrected chi connectivity index (χ1v) is 9.17. The molecule has 1 aliphatic heterocycles. The average Bonchev–Trinajstić information content (AvgIpc) is 3.08. The topological polar surface area (TPSA) is 74.6 Å². The summed E-state index contributed by atoms with van der Waals surface area (Å²) in [7, 11) is -1.26. The predicted molar refractivity (Wildman–Crippen MR) is 97.4 cm³/mol. The van der Waals surface area contributed by atoms with Gasteiger partial charge in [-0.25, -0.2) is 8.51 Å². The van der Waals surface area contributed by atoms with Crippen molar-refractivity contribution in [2.24, 2.45) is 0 Å². The predicted octanol–water partition coefficient (Wildman–Crippen LogP) is 2.38. The SMILES string of the molecule is C=CC(=O)Nc1ccc(S(=O)N2CCNC(c3ccc(C)o3)C2)cc1. The molecule has 1 aromatic heterocycles. The lowest BCUT2D eigenvalue weighted by atomic mass is 10.2. The van der Waals surface area contributed by atoms with E-state index in [2.05, 4.69) is 17.2 Å². The van der Waals surface area contributed by atoms with Crippen molar-refractivity contribution in [3.8, 4) is 0 Å². The van der Waals surface area contributed by atoms with Gasteiger partial charge in [0.15, 0.2) is 0 Å². The molecule has 25 heavy (non-hydrogen) atoms. The molecule has 1 aliphatic rings. The number of hydrogen-bond acceptors (Lipinski definition) is 4. The minimum absolute atomic E-state index is 0.0255. The largest absolute Gasteiger partial charge is 0.465 e. The molecule has 0 bridgehead atoms. The summed E-state index contributed by atoms with van der Waals surface area (Å²) < 4.78 is 20.5. The Kier molecular flexibility index (Phi) is 5.47. The molecule has 2 heterocycles. The molecule has 0 aliphatic carbocycles. The second-order valence-corrected chi connectivity index (χ2v) is 7.30. The Bertz CT molecular complexity index is 785. The second-order valence-electron chi connectivity index (χ2n) is 5.81. The first-order valence-electron chi connectivity index (χ1n) is 8.07. The lowest BCUT2D eigenvalue weighted by Crippen LogP contribution is -2.46. The van der Waals surface area contributed by atoms with E-state index in [4.69, 9.17) is 4.42 Å². The van der Waals surface area contributed by atoms with Crippen LogP contribution in [-0.4, -0.2) is 34.1 Å². The smallest absolute Gasteiger partial charge is 0.247 e. The Morgan fingerprint density at radius 2 is 2.12 bits per heavy atom. The van der Waals surface area contributed by atoms with Crippen molar-refractivity contribution >= 4 is 22.6 Å². The Morgan fingerprint density at radius 3 is 2.76 bits per heavy atom. The van der Waals surface area contributed by atoms with Gasteiger partial charge < -0.3 is 15.1 Å². The van der Waals surface area contributed by atoms with Gasteiger partial charge in [-0.1, -0.05) is 6.58 Å². The van der Waals surface area contributed by atoms with Gasteiger partial charge in [0.05, 0.1) is 10.9 Å². The Labute approximate surface area is 149 Å². The fourth-order valence-corrected chi connectivity index (χ4v) is 3.91. The molecule has 3 rings (SSSR count). The van der Waals surface area contributed by atoms with Gasteiger partial charge in [0.1, 0.15) is 22.5 Å². The molecule has 1 fully saturated rings. The molecule has 0 radical (unpaired) electrons. The van der Waals surface area contributed by atoms with Crippen molar-refractivity contribution < 1.29 is 13.4 Å². The molecule has 1 aromatic carbocycles. The summed E-state index contributed by atoms with van der Waals surface area (Å²) in [6.07, 6.45) is 1.21. The zero-order chi connectivity index (χ0) is 17.8. The third kappa shape index (κ3) is 4.25. The molecular weight excluding hydrogens is 338 g/mol. The summed E-state index contributed by atoms with van der Waals surface area (Å²) >= 11 is 0. The fraction of sp³-hybridized carbons (Fsp3) is 0.278. The van der Waals surface area contributed by atoms with Crippen LogP contribution >= 0.6 is 0 Å². The van der Waals surface area contributed by atoms with Gasteiger partial charge in [0, 0.05) is 25.3 Å². The van der Waals surface area contributed by atoms with Crippen molar-refractivity contribution in [2.45, 2.75) is 17.9 Å². The number of carbonyl (C=O) groups excluding carboxylic acids is 1. The molecule has 132 valence electrons. The van der Waals surface area contributed by atoms with E-state index < -0.39 is 11.0 Å². The Balaban J connectivity index is 1.67. The minimum Gasteiger partial charge on any atom is -0.465 e. The highest BCUT2D eigenvalue weighted by atomic mass is 32.2. The molecule has 0 spiro atoms. The number of piperazine rings is 1. The Hall–Kier alpha value is -2.22. The lowest BCUT2D eigenvalue weighted by Gasteiger charge is -2.31. The van der Waals surface area contributed by atoms with Crippen LogP contribution < -0.4 is 10.6 Å². The summed E-state index contributed by atoms with van der Waals surface area (Å²) in [5.74, 6) is 1.46. The van der Waals surface area contributed by atoms with E-state index in [1.165, 1.54) is 6.08 Å². The molecule has 2 N–H and O–H groups in total. The van der Waals surface area contributed by atoms with Crippen LogP contribution in [0.1, 0.15) is 17.6 Å². The molecule has 2 unspecified atom stereocenters. The minimum atomic E-state index is -1.26. The van der Waals surface area contributed by atoms with Crippen molar-refractivity contribution in [3.63, 3.8) is 0 Å². The van der Waals surface area contributed by atoms with Crippen LogP contribution in [0.3, 0.4) is 0 Å². The molecule has 1 amide bonds. The number of rotatable bonds is 5. The van der Waals surface area contributed by atoms with Gasteiger partial charge in [0.2, 0.25) is 5.91 Å². The monoisotopic (exact) mass is 359 g/mol. The van der Waals surface area contributed by atoms with Crippen molar-refractivity contribution in [3.05, 3.63) is 60.6 Å². The van der Waals surface area contributed by atoms with Crippen LogP contribution in [0.15, 0.2) is 58.4 Å². The van der Waals surface area contributed by atoms with Gasteiger partial charge in [-0.05, 0) is 49.4 Å². The maximum Gasteiger partial charge on any atom is 0.247 e. The molecule has 1 saturated heterocycles. The van der Waals surface area contributed by atoms with Gasteiger partial charge in [0.25, 0.3) is 0 Å². The number of hydrogen-bond donors (Lipinski definition) is 2. The lowest BCUT2D eigenvalue weighted by molar-refractivity contribution is -0.111. The Morgan fingerprint density at radius 1 is 1.36 bits per heavy atom. The fourth-order valence-electron chi connectivity index (χ4n) is 2.70. The van der Waals surface area contributed by atoms with E-state index in [1.807, 2.05) is 23.4 Å². The highest BCUT2D eigenvalue weighted by molar-refractivity contribution is 7.82. The number of anilines is 1. The molecule has 7 heteroatoms. The highest BCUT2D eigenvalue weighted by Gasteiger charge is 2.27. The van der Waals surface area contributed by atoms with Gasteiger partial charge >= 0.3 is 0 Å². The highest BCUT2D eigenvalue weighted by Crippen LogP contribution is 2.23. The van der Waals surface area contributed by atoms with Crippen LogP contribution in [0, 0.1) is 6.92 Å². The van der Waals surface area contributed by atoms with Gasteiger partial charge in [-0.15, -0.1) is 0 Å². The zero-order valence-electron chi connectivity index (χ0n) is 14.0. The summed E-state index contributed by atoms with van der Waals surface area (Å²) in [6.45, 7) is 7.37. The summed E-state index contributed by atoms with van der Waals surface area (Å²) in [6, 6.07) is 10.9. The first-order chi connectivity index (χ1) is 12.1. The average molecular weight is 359 g/mol. The normalized spacial score (nSPS) is 19.3. The third-order valence-corrected chi connectivity index (χ3v) is 5.46. The summed E-state index contributed by atoms with van der Waals surface area (Å²) in [5, 5.41) is 6.07. The quantitative estimate of drug-likeness (QED) is 0.804. The molecule has 6 nitrogen and oxygen atoms in total. The molecular formula is C18H21N3O3S. The first kappa shape index (κ1) is 17.6. The zero-order valence-corrected chi connectivity index (χ0v) is 14.8. The van der Waals surface area contributed by atoms with E-state index in [9.17, 15) is 9.00 Å². The third-order valence-electron chi connectivity index (χ3n) is 3.99. The van der Waals surface area contributed by atoms with Crippen LogP contribution in [0.25, 0.3) is 0 Å². The number of nitrogens with zero attached hydrogens (tertiary/aromatic N) is 1. The maximum atomic E-state index is 12.8. The number of aryl methyl sites for hydroxylation is 1. The second kappa shape index (κ2) is 7.77. The summed E-state index contributed by atoms with van der Waals surface area (Å²) in [5.41, 5.74) is 0.648. The van der Waals surface area contributed by atoms with Crippen LogP contribution in [0.4, 0.5) is 5.69 Å². The van der Waals surface area contributed by atoms with E-state index >= 15 is 0 Å². The number of benzene rings is 1. The number of nitrogens with one attached hydrogen (secondary N) is 2. The molecule has 2 aromatic rings. The number of furan rings is 1. The molecule has 2 atom stereocenters. The van der Waals surface area contributed by atoms with E-state index in [1.54, 1.807) is 24.3 Å². The van der Waals surface area contributed by atoms with Crippen molar-refractivity contribution in [1.29, 1.82) is 0 Å². The van der Waals surface area contributed by atoms with E-state index in [0.29, 0.717) is 23.7 Å². The van der Waals surface area contributed by atoms with Crippen LogP contribution in [0.2, 0.25) is 0 Å². The van der Waals surface area contributed by atoms with Crippen LogP contribution in [-0.2, 0) is 15.8 Å². The summed E-state index contributed by atoms with van der Waals surface area (Å²) in [4.78, 5) is 12.0.